The van der Waals surface area contributed by atoms with Gasteiger partial charge in [-0.25, -0.2) is 0 Å². The normalized spacial score (nSPS) is 14.8. The standard InChI is InChI=1S/2C16H26.C15H24.7C14H24/c2*1-13(2)9-5-6-10-15-11-7-8-12-16(15)14(3)4;1-12(2)7-5-8-14-9-6-10-15(11-14)13(3)4;4*1-11(2)5-6-13-7-8-14(10-13)9-12(3)4;3*1-11(2)6-5-7-13-8-9-14(10-13)12(3)4/h2*7-8,11-14H,5-6,9-10H2,1-4H3;6,9-13H,5,7-8H2,1-4H3;2*8,10-12H,5-7,9H2,1-4H3;7,10-12H,5-6,8-9H2,1-4H3;7-8,11-12H,5-6,9-10H2,1-4H3;9-12H,5-8H2,1-4H3;8,10-12H,5-7,9H2,1-4H3;8-9,11-12H,5-7,10H2,1-4H3. The van der Waals surface area contributed by atoms with Gasteiger partial charge in [0.2, 0.25) is 0 Å². The Balaban J connectivity index is 0.000000806. The highest BCUT2D eigenvalue weighted by Gasteiger charge is 2.19. The molecule has 145 heavy (non-hydrogen) atoms. The second-order valence-corrected chi connectivity index (χ2v) is 53.0. The molecule has 7 aliphatic rings. The van der Waals surface area contributed by atoms with Gasteiger partial charge in [0.05, 0.1) is 0 Å². The van der Waals surface area contributed by atoms with Crippen molar-refractivity contribution in [2.24, 2.45) is 101 Å². The van der Waals surface area contributed by atoms with Gasteiger partial charge in [-0.15, -0.1) is 0 Å². The summed E-state index contributed by atoms with van der Waals surface area (Å²) in [5.41, 5.74) is 31.7. The van der Waals surface area contributed by atoms with Crippen LogP contribution in [0.5, 0.6) is 0 Å². The van der Waals surface area contributed by atoms with Crippen LogP contribution in [0.15, 0.2) is 236 Å². The summed E-state index contributed by atoms with van der Waals surface area (Å²) in [4.78, 5) is 0. The van der Waals surface area contributed by atoms with Gasteiger partial charge in [-0.2, -0.15) is 0 Å². The summed E-state index contributed by atoms with van der Waals surface area (Å²) in [5, 5.41) is 0. The fourth-order valence-corrected chi connectivity index (χ4v) is 19.6. The van der Waals surface area contributed by atoms with Gasteiger partial charge < -0.3 is 0 Å². The van der Waals surface area contributed by atoms with Crippen LogP contribution in [-0.4, -0.2) is 0 Å². The molecule has 7 aliphatic carbocycles. The topological polar surface area (TPSA) is 0 Å². The van der Waals surface area contributed by atoms with Gasteiger partial charge in [-0.05, 0) is 356 Å². The lowest BCUT2D eigenvalue weighted by Crippen LogP contribution is -1.97. The third kappa shape index (κ3) is 73.0. The van der Waals surface area contributed by atoms with Crippen LogP contribution in [0.25, 0.3) is 0 Å². The quantitative estimate of drug-likeness (QED) is 0.0494. The molecule has 0 heteroatoms. The van der Waals surface area contributed by atoms with Crippen molar-refractivity contribution >= 4 is 0 Å². The van der Waals surface area contributed by atoms with Gasteiger partial charge >= 0.3 is 0 Å². The van der Waals surface area contributed by atoms with Crippen LogP contribution in [0, 0.1) is 101 Å². The van der Waals surface area contributed by atoms with Gasteiger partial charge in [0.25, 0.3) is 0 Å². The number of benzene rings is 3. The Hall–Kier alpha value is -5.98. The average Bonchev–Trinajstić information content (AvgIpc) is 1.78. The van der Waals surface area contributed by atoms with Crippen molar-refractivity contribution in [1.82, 2.24) is 0 Å². The van der Waals surface area contributed by atoms with E-state index < -0.39 is 0 Å². The molecule has 0 atom stereocenters. The van der Waals surface area contributed by atoms with Crippen LogP contribution in [0.2, 0.25) is 0 Å². The first-order valence-electron chi connectivity index (χ1n) is 61.3. The van der Waals surface area contributed by atoms with Gasteiger partial charge in [0.15, 0.2) is 0 Å². The van der Waals surface area contributed by atoms with Crippen molar-refractivity contribution in [3.63, 3.8) is 0 Å². The predicted molar refractivity (Wildman–Crippen MR) is 664 cm³/mol. The molecule has 10 rings (SSSR count). The van der Waals surface area contributed by atoms with Crippen molar-refractivity contribution in [3.05, 3.63) is 269 Å². The summed E-state index contributed by atoms with van der Waals surface area (Å²) in [7, 11) is 0. The lowest BCUT2D eigenvalue weighted by atomic mass is 9.93. The zero-order chi connectivity index (χ0) is 109. The summed E-state index contributed by atoms with van der Waals surface area (Å²) in [6, 6.07) is 26.9. The van der Waals surface area contributed by atoms with E-state index in [4.69, 9.17) is 0 Å². The average molecular weight is 1990 g/mol. The molecule has 0 radical (unpaired) electrons. The Morgan fingerprint density at radius 1 is 0.200 bits per heavy atom. The Labute approximate surface area is 908 Å². The summed E-state index contributed by atoms with van der Waals surface area (Å²) in [5.74, 6) is 15.8. The first kappa shape index (κ1) is 137. The maximum Gasteiger partial charge on any atom is -0.00996 e. The first-order valence-corrected chi connectivity index (χ1v) is 61.3. The number of rotatable bonds is 52. The van der Waals surface area contributed by atoms with Gasteiger partial charge in [0.1, 0.15) is 0 Å². The number of aryl methyl sites for hydroxylation is 3. The maximum atomic E-state index is 2.43. The maximum absolute atomic E-state index is 2.43. The van der Waals surface area contributed by atoms with Crippen molar-refractivity contribution < 1.29 is 0 Å². The highest BCUT2D eigenvalue weighted by Crippen LogP contribution is 2.36. The Bertz CT molecular complexity index is 4190. The van der Waals surface area contributed by atoms with E-state index in [2.05, 4.69) is 435 Å². The number of hydrogen-bond donors (Lipinski definition) is 0. The summed E-state index contributed by atoms with van der Waals surface area (Å²) in [6.07, 6.45) is 84.3. The molecule has 0 fully saturated rings. The Kier molecular flexibility index (Phi) is 76.4. The second kappa shape index (κ2) is 80.9. The summed E-state index contributed by atoms with van der Waals surface area (Å²) >= 11 is 0. The summed E-state index contributed by atoms with van der Waals surface area (Å²) < 4.78 is 0. The molecule has 0 nitrogen and oxygen atoms in total. The number of allylic oxidation sites excluding steroid dienone is 28. The van der Waals surface area contributed by atoms with Crippen LogP contribution in [-0.2, 0) is 19.3 Å². The molecule has 0 aliphatic heterocycles. The minimum atomic E-state index is 0.648. The van der Waals surface area contributed by atoms with Crippen molar-refractivity contribution in [2.75, 3.05) is 0 Å². The number of hydrogen-bond acceptors (Lipinski definition) is 0. The lowest BCUT2D eigenvalue weighted by molar-refractivity contribution is 0.537. The molecular weight excluding hydrogens is 1740 g/mol. The van der Waals surface area contributed by atoms with Crippen molar-refractivity contribution in [1.29, 1.82) is 0 Å². The lowest BCUT2D eigenvalue weighted by Gasteiger charge is -2.12. The fraction of sp³-hybridized carbons (Fsp3) is 0.683. The van der Waals surface area contributed by atoms with E-state index in [1.54, 1.807) is 89.2 Å². The zero-order valence-electron chi connectivity index (χ0n) is 104. The van der Waals surface area contributed by atoms with E-state index >= 15 is 0 Å². The van der Waals surface area contributed by atoms with E-state index in [-0.39, 0.29) is 0 Å². The monoisotopic (exact) mass is 1990 g/mol. The molecule has 0 spiro atoms. The molecule has 0 saturated carbocycles. The minimum absolute atomic E-state index is 0.648. The van der Waals surface area contributed by atoms with Crippen LogP contribution in [0.1, 0.15) is 559 Å². The Morgan fingerprint density at radius 2 is 0.545 bits per heavy atom. The SMILES string of the molecule is CC(C)CCC1=CC(CC(C)C)=CC1.CC(C)CCC1=CC(CC(C)C)=CC1.CC(C)CCC1=CC=C(CC(C)C)C1.CC(C)CCC1=CCC(CC(C)C)=C1.CC(C)CCCC1=CC(C(C)C)=CC1.CC(C)CCCC1=CC=C(C(C)C)C1.CC(C)CCCC1=CCC(C(C)C)=C1.CC(C)CCCCc1ccccc1C(C)C.CC(C)CCCCc1ccccc1C(C)C.CC(C)CCCc1cccc(C(C)C)c1. The molecule has 0 amide bonds. The summed E-state index contributed by atoms with van der Waals surface area (Å²) in [6.45, 7) is 91.8. The third-order valence-corrected chi connectivity index (χ3v) is 28.9. The van der Waals surface area contributed by atoms with Gasteiger partial charge in [0, 0.05) is 0 Å². The Morgan fingerprint density at radius 3 is 0.952 bits per heavy atom. The van der Waals surface area contributed by atoms with Crippen LogP contribution >= 0.6 is 0 Å². The predicted octanol–water partition coefficient (Wildman–Crippen LogP) is 48.2. The second-order valence-electron chi connectivity index (χ2n) is 53.0. The van der Waals surface area contributed by atoms with E-state index in [1.165, 1.54) is 273 Å². The fourth-order valence-electron chi connectivity index (χ4n) is 19.6. The molecule has 0 aromatic heterocycles. The molecular formula is C145H244. The smallest absolute Gasteiger partial charge is 0.00996 e. The largest absolute Gasteiger partial charge is 0.0772 e. The van der Waals surface area contributed by atoms with Crippen LogP contribution < -0.4 is 0 Å². The molecule has 0 saturated heterocycles. The molecule has 3 aromatic rings. The highest BCUT2D eigenvalue weighted by molar-refractivity contribution is 5.39. The van der Waals surface area contributed by atoms with Crippen LogP contribution in [0.3, 0.4) is 0 Å². The first-order chi connectivity index (χ1) is 68.4. The molecule has 3 aromatic carbocycles. The zero-order valence-corrected chi connectivity index (χ0v) is 104. The minimum Gasteiger partial charge on any atom is -0.0772 e. The number of unbranched alkanes of at least 4 members (excludes halogenated alkanes) is 2. The van der Waals surface area contributed by atoms with E-state index in [0.29, 0.717) is 23.7 Å². The third-order valence-electron chi connectivity index (χ3n) is 28.9. The molecule has 824 valence electrons. The molecule has 0 N–H and O–H groups in total. The van der Waals surface area contributed by atoms with E-state index in [1.807, 2.05) is 0 Å². The van der Waals surface area contributed by atoms with Crippen molar-refractivity contribution in [3.8, 4) is 0 Å². The van der Waals surface area contributed by atoms with E-state index in [0.717, 1.165) is 94.7 Å². The van der Waals surface area contributed by atoms with Crippen LogP contribution in [0.4, 0.5) is 0 Å². The van der Waals surface area contributed by atoms with E-state index in [9.17, 15) is 0 Å². The van der Waals surface area contributed by atoms with Gasteiger partial charge in [-0.3, -0.25) is 0 Å². The van der Waals surface area contributed by atoms with Gasteiger partial charge in [-0.1, -0.05) is 559 Å². The molecule has 0 heterocycles. The molecule has 0 bridgehead atoms. The molecule has 0 unspecified atom stereocenters. The van der Waals surface area contributed by atoms with Crippen molar-refractivity contribution in [2.45, 2.75) is 545 Å². The highest BCUT2D eigenvalue weighted by atomic mass is 14.2.